The molecule has 0 aliphatic rings. The number of carbonyl (C=O) groups excluding carboxylic acids is 2. The molecule has 8 heteroatoms. The summed E-state index contributed by atoms with van der Waals surface area (Å²) < 4.78 is 20.6. The lowest BCUT2D eigenvalue weighted by Gasteiger charge is -2.14. The van der Waals surface area contributed by atoms with Crippen molar-refractivity contribution in [1.29, 1.82) is 5.26 Å². The molecule has 0 saturated carbocycles. The lowest BCUT2D eigenvalue weighted by atomic mass is 10.1. The van der Waals surface area contributed by atoms with Crippen LogP contribution >= 0.6 is 0 Å². The Hall–Kier alpha value is -3.99. The monoisotopic (exact) mass is 410 g/mol. The Labute approximate surface area is 174 Å². The van der Waals surface area contributed by atoms with Gasteiger partial charge in [-0.3, -0.25) is 4.79 Å². The Morgan fingerprint density at radius 1 is 1.03 bits per heavy atom. The largest absolute Gasteiger partial charge is 0.497 e. The van der Waals surface area contributed by atoms with E-state index in [4.69, 9.17) is 18.9 Å². The molecule has 0 bridgehead atoms. The van der Waals surface area contributed by atoms with Crippen molar-refractivity contribution in [3.8, 4) is 23.3 Å². The van der Waals surface area contributed by atoms with Crippen molar-refractivity contribution in [3.63, 3.8) is 0 Å². The smallest absolute Gasteiger partial charge is 0.349 e. The van der Waals surface area contributed by atoms with E-state index in [2.05, 4.69) is 5.32 Å². The molecular formula is C22H22N2O6. The van der Waals surface area contributed by atoms with Gasteiger partial charge in [0.25, 0.3) is 5.91 Å². The Morgan fingerprint density at radius 3 is 2.40 bits per heavy atom. The molecule has 30 heavy (non-hydrogen) atoms. The summed E-state index contributed by atoms with van der Waals surface area (Å²) in [5.41, 5.74) is 0.785. The van der Waals surface area contributed by atoms with Crippen molar-refractivity contribution in [3.05, 3.63) is 53.6 Å². The molecular weight excluding hydrogens is 388 g/mol. The van der Waals surface area contributed by atoms with Crippen LogP contribution in [0, 0.1) is 11.3 Å². The summed E-state index contributed by atoms with van der Waals surface area (Å²) >= 11 is 0. The molecule has 2 rings (SSSR count). The van der Waals surface area contributed by atoms with Gasteiger partial charge in [-0.25, -0.2) is 4.79 Å². The minimum absolute atomic E-state index is 0.242. The molecule has 1 N–H and O–H groups in total. The van der Waals surface area contributed by atoms with Crippen LogP contribution in [0.1, 0.15) is 12.5 Å². The van der Waals surface area contributed by atoms with E-state index in [1.54, 1.807) is 48.5 Å². The normalized spacial score (nSPS) is 11.6. The van der Waals surface area contributed by atoms with E-state index in [-0.39, 0.29) is 5.57 Å². The lowest BCUT2D eigenvalue weighted by molar-refractivity contribution is -0.148. The molecule has 156 valence electrons. The van der Waals surface area contributed by atoms with Gasteiger partial charge in [-0.15, -0.1) is 0 Å². The molecule has 0 aliphatic heterocycles. The summed E-state index contributed by atoms with van der Waals surface area (Å²) in [4.78, 5) is 24.7. The third kappa shape index (κ3) is 5.75. The van der Waals surface area contributed by atoms with Gasteiger partial charge in [-0.2, -0.15) is 5.26 Å². The van der Waals surface area contributed by atoms with Crippen LogP contribution in [0.25, 0.3) is 6.08 Å². The first-order valence-corrected chi connectivity index (χ1v) is 8.91. The number of hydrogen-bond donors (Lipinski definition) is 1. The molecule has 2 aromatic carbocycles. The standard InChI is InChI=1S/C22H22N2O6/c1-14(21(25)24-17-8-9-19(28-3)20(12-17)29-4)30-22(26)16(13-23)10-15-6-5-7-18(11-15)27-2/h5-12,14H,1-4H3,(H,24,25)/b16-10+/t14-/m1/s1. The number of rotatable bonds is 8. The average Bonchev–Trinajstić information content (AvgIpc) is 2.77. The zero-order valence-corrected chi connectivity index (χ0v) is 17.1. The fourth-order valence-electron chi connectivity index (χ4n) is 2.47. The number of benzene rings is 2. The second-order valence-corrected chi connectivity index (χ2v) is 6.05. The lowest BCUT2D eigenvalue weighted by Crippen LogP contribution is -2.30. The molecule has 1 amide bonds. The highest BCUT2D eigenvalue weighted by Crippen LogP contribution is 2.29. The molecule has 1 atom stereocenters. The van der Waals surface area contributed by atoms with Gasteiger partial charge in [0.1, 0.15) is 17.4 Å². The zero-order valence-electron chi connectivity index (χ0n) is 17.1. The van der Waals surface area contributed by atoms with Crippen molar-refractivity contribution in [2.45, 2.75) is 13.0 Å². The van der Waals surface area contributed by atoms with Crippen LogP contribution in [-0.4, -0.2) is 39.3 Å². The van der Waals surface area contributed by atoms with E-state index in [1.807, 2.05) is 0 Å². The first-order chi connectivity index (χ1) is 14.4. The van der Waals surface area contributed by atoms with Crippen LogP contribution in [-0.2, 0) is 14.3 Å². The third-order valence-corrected chi connectivity index (χ3v) is 4.05. The molecule has 8 nitrogen and oxygen atoms in total. The number of ether oxygens (including phenoxy) is 4. The summed E-state index contributed by atoms with van der Waals surface area (Å²) in [5.74, 6) is 0.0610. The van der Waals surface area contributed by atoms with Gasteiger partial charge < -0.3 is 24.3 Å². The van der Waals surface area contributed by atoms with Gasteiger partial charge in [0.05, 0.1) is 21.3 Å². The second-order valence-electron chi connectivity index (χ2n) is 6.05. The summed E-state index contributed by atoms with van der Waals surface area (Å²) in [5, 5.41) is 11.9. The van der Waals surface area contributed by atoms with E-state index >= 15 is 0 Å². The summed E-state index contributed by atoms with van der Waals surface area (Å²) in [6.07, 6.45) is 0.233. The summed E-state index contributed by atoms with van der Waals surface area (Å²) in [7, 11) is 4.50. The Kier molecular flexibility index (Phi) is 7.82. The van der Waals surface area contributed by atoms with Crippen molar-refractivity contribution in [2.24, 2.45) is 0 Å². The second kappa shape index (κ2) is 10.5. The van der Waals surface area contributed by atoms with Crippen molar-refractivity contribution in [1.82, 2.24) is 0 Å². The number of nitrogens with one attached hydrogen (secondary N) is 1. The number of methoxy groups -OCH3 is 3. The van der Waals surface area contributed by atoms with E-state index in [9.17, 15) is 14.9 Å². The number of carbonyl (C=O) groups is 2. The van der Waals surface area contributed by atoms with Crippen LogP contribution in [0.2, 0.25) is 0 Å². The first-order valence-electron chi connectivity index (χ1n) is 8.91. The fraction of sp³-hybridized carbons (Fsp3) is 0.227. The van der Waals surface area contributed by atoms with Crippen LogP contribution < -0.4 is 19.5 Å². The van der Waals surface area contributed by atoms with Gasteiger partial charge >= 0.3 is 5.97 Å². The van der Waals surface area contributed by atoms with Crippen LogP contribution in [0.3, 0.4) is 0 Å². The molecule has 0 aliphatic carbocycles. The maximum Gasteiger partial charge on any atom is 0.349 e. The van der Waals surface area contributed by atoms with E-state index in [0.717, 1.165) is 0 Å². The summed E-state index contributed by atoms with van der Waals surface area (Å²) in [6.45, 7) is 1.41. The number of esters is 1. The average molecular weight is 410 g/mol. The number of hydrogen-bond acceptors (Lipinski definition) is 7. The molecule has 0 heterocycles. The number of nitrogens with zero attached hydrogens (tertiary/aromatic N) is 1. The maximum absolute atomic E-state index is 12.4. The van der Waals surface area contributed by atoms with Gasteiger partial charge in [0, 0.05) is 11.8 Å². The molecule has 0 radical (unpaired) electrons. The number of amides is 1. The Bertz CT molecular complexity index is 993. The topological polar surface area (TPSA) is 107 Å². The van der Waals surface area contributed by atoms with Crippen LogP contribution in [0.15, 0.2) is 48.0 Å². The van der Waals surface area contributed by atoms with Gasteiger partial charge in [-0.05, 0) is 42.8 Å². The van der Waals surface area contributed by atoms with E-state index in [1.165, 1.54) is 34.3 Å². The Balaban J connectivity index is 2.07. The molecule has 0 aromatic heterocycles. The SMILES string of the molecule is COc1cccc(/C=C(\C#N)C(=O)O[C@H](C)C(=O)Nc2ccc(OC)c(OC)c2)c1. The maximum atomic E-state index is 12.4. The highest BCUT2D eigenvalue weighted by Gasteiger charge is 2.21. The quantitative estimate of drug-likeness (QED) is 0.405. The summed E-state index contributed by atoms with van der Waals surface area (Å²) in [6, 6.07) is 13.5. The van der Waals surface area contributed by atoms with Crippen molar-refractivity contribution >= 4 is 23.6 Å². The highest BCUT2D eigenvalue weighted by atomic mass is 16.5. The first kappa shape index (κ1) is 22.3. The van der Waals surface area contributed by atoms with E-state index < -0.39 is 18.0 Å². The minimum Gasteiger partial charge on any atom is -0.497 e. The highest BCUT2D eigenvalue weighted by molar-refractivity contribution is 6.01. The van der Waals surface area contributed by atoms with Crippen LogP contribution in [0.4, 0.5) is 5.69 Å². The number of nitriles is 1. The fourth-order valence-corrected chi connectivity index (χ4v) is 2.47. The van der Waals surface area contributed by atoms with Gasteiger partial charge in [0.15, 0.2) is 17.6 Å². The van der Waals surface area contributed by atoms with Crippen molar-refractivity contribution in [2.75, 3.05) is 26.6 Å². The zero-order chi connectivity index (χ0) is 22.1. The predicted octanol–water partition coefficient (Wildman–Crippen LogP) is 3.19. The molecule has 2 aromatic rings. The van der Waals surface area contributed by atoms with E-state index in [0.29, 0.717) is 28.5 Å². The number of anilines is 1. The molecule has 0 fully saturated rings. The van der Waals surface area contributed by atoms with Crippen molar-refractivity contribution < 1.29 is 28.5 Å². The van der Waals surface area contributed by atoms with Crippen LogP contribution in [0.5, 0.6) is 17.2 Å². The third-order valence-electron chi connectivity index (χ3n) is 4.05. The van der Waals surface area contributed by atoms with Gasteiger partial charge in [0.2, 0.25) is 0 Å². The minimum atomic E-state index is -1.13. The molecule has 0 unspecified atom stereocenters. The molecule has 0 saturated heterocycles. The van der Waals surface area contributed by atoms with Gasteiger partial charge in [-0.1, -0.05) is 12.1 Å². The molecule has 0 spiro atoms. The Morgan fingerprint density at radius 2 is 1.77 bits per heavy atom. The predicted molar refractivity (Wildman–Crippen MR) is 110 cm³/mol.